The second kappa shape index (κ2) is 6.42. The van der Waals surface area contributed by atoms with Crippen molar-refractivity contribution in [3.63, 3.8) is 0 Å². The summed E-state index contributed by atoms with van der Waals surface area (Å²) in [5, 5.41) is 0. The van der Waals surface area contributed by atoms with Crippen LogP contribution in [0, 0.1) is 0 Å². The molecule has 0 aromatic heterocycles. The zero-order valence-electron chi connectivity index (χ0n) is 7.56. The highest BCUT2D eigenvalue weighted by Gasteiger charge is 2.08. The van der Waals surface area contributed by atoms with Gasteiger partial charge in [0.2, 0.25) is 0 Å². The van der Waals surface area contributed by atoms with Crippen LogP contribution in [-0.4, -0.2) is 11.9 Å². The van der Waals surface area contributed by atoms with Crippen LogP contribution in [0.3, 0.4) is 0 Å². The first-order chi connectivity index (χ1) is 6.65. The first kappa shape index (κ1) is 11.9. The highest BCUT2D eigenvalue weighted by atomic mass is 16.5. The number of carbonyl (C=O) groups excluding carboxylic acids is 2. The molecule has 0 bridgehead atoms. The highest BCUT2D eigenvalue weighted by Crippen LogP contribution is 2.00. The van der Waals surface area contributed by atoms with Crippen LogP contribution in [0.25, 0.3) is 0 Å². The number of ether oxygens (including phenoxy) is 2. The molecule has 0 amide bonds. The van der Waals surface area contributed by atoms with Crippen molar-refractivity contribution in [1.82, 2.24) is 0 Å². The molecule has 0 unspecified atom stereocenters. The van der Waals surface area contributed by atoms with Crippen LogP contribution < -0.4 is 0 Å². The molecule has 0 saturated carbocycles. The van der Waals surface area contributed by atoms with E-state index in [9.17, 15) is 9.59 Å². The summed E-state index contributed by atoms with van der Waals surface area (Å²) in [6, 6.07) is 0. The zero-order valence-corrected chi connectivity index (χ0v) is 7.56. The molecule has 0 aromatic rings. The van der Waals surface area contributed by atoms with E-state index in [-0.39, 0.29) is 5.57 Å². The van der Waals surface area contributed by atoms with Gasteiger partial charge in [0.05, 0.1) is 18.1 Å². The van der Waals surface area contributed by atoms with Crippen molar-refractivity contribution in [1.29, 1.82) is 0 Å². The first-order valence-corrected chi connectivity index (χ1v) is 3.63. The molecule has 0 fully saturated rings. The molecule has 0 aliphatic heterocycles. The van der Waals surface area contributed by atoms with Gasteiger partial charge in [-0.3, -0.25) is 0 Å². The monoisotopic (exact) mass is 194 g/mol. The van der Waals surface area contributed by atoms with E-state index in [1.165, 1.54) is 6.08 Å². The molecule has 0 N–H and O–H groups in total. The highest BCUT2D eigenvalue weighted by molar-refractivity contribution is 5.98. The molecule has 4 nitrogen and oxygen atoms in total. The van der Waals surface area contributed by atoms with Gasteiger partial charge in [-0.15, -0.1) is 0 Å². The Morgan fingerprint density at radius 3 is 2.00 bits per heavy atom. The SMILES string of the molecule is C=COC(=O)/C=C(/C=C)C(=O)OC=C. The first-order valence-electron chi connectivity index (χ1n) is 3.63. The van der Waals surface area contributed by atoms with E-state index in [1.54, 1.807) is 0 Å². The van der Waals surface area contributed by atoms with Crippen molar-refractivity contribution >= 4 is 11.9 Å². The lowest BCUT2D eigenvalue weighted by Crippen LogP contribution is -2.05. The summed E-state index contributed by atoms with van der Waals surface area (Å²) >= 11 is 0. The van der Waals surface area contributed by atoms with Crippen LogP contribution in [0.1, 0.15) is 0 Å². The Balaban J connectivity index is 4.61. The van der Waals surface area contributed by atoms with Crippen molar-refractivity contribution in [3.05, 3.63) is 50.0 Å². The fourth-order valence-corrected chi connectivity index (χ4v) is 0.588. The van der Waals surface area contributed by atoms with Gasteiger partial charge in [0, 0.05) is 6.08 Å². The molecule has 14 heavy (non-hydrogen) atoms. The Kier molecular flexibility index (Phi) is 5.46. The number of carbonyl (C=O) groups is 2. The van der Waals surface area contributed by atoms with E-state index in [0.717, 1.165) is 18.6 Å². The number of hydrogen-bond donors (Lipinski definition) is 0. The van der Waals surface area contributed by atoms with E-state index >= 15 is 0 Å². The lowest BCUT2D eigenvalue weighted by Gasteiger charge is -1.98. The minimum Gasteiger partial charge on any atom is -0.432 e. The van der Waals surface area contributed by atoms with Crippen LogP contribution >= 0.6 is 0 Å². The third-order valence-electron chi connectivity index (χ3n) is 1.12. The third kappa shape index (κ3) is 4.06. The molecule has 0 rings (SSSR count). The zero-order chi connectivity index (χ0) is 11.0. The predicted molar refractivity (Wildman–Crippen MR) is 50.9 cm³/mol. The third-order valence-corrected chi connectivity index (χ3v) is 1.12. The van der Waals surface area contributed by atoms with Crippen LogP contribution in [0.4, 0.5) is 0 Å². The molecule has 74 valence electrons. The summed E-state index contributed by atoms with van der Waals surface area (Å²) in [5.41, 5.74) is -0.0169. The molecule has 0 aliphatic rings. The van der Waals surface area contributed by atoms with Crippen LogP contribution in [-0.2, 0) is 19.1 Å². The lowest BCUT2D eigenvalue weighted by molar-refractivity contribution is -0.135. The summed E-state index contributed by atoms with van der Waals surface area (Å²) in [4.78, 5) is 21.9. The largest absolute Gasteiger partial charge is 0.432 e. The molecule has 0 aliphatic carbocycles. The quantitative estimate of drug-likeness (QED) is 0.288. The van der Waals surface area contributed by atoms with Crippen LogP contribution in [0.2, 0.25) is 0 Å². The van der Waals surface area contributed by atoms with E-state index < -0.39 is 11.9 Å². The van der Waals surface area contributed by atoms with E-state index in [0.29, 0.717) is 0 Å². The Hall–Kier alpha value is -2.10. The van der Waals surface area contributed by atoms with Crippen molar-refractivity contribution < 1.29 is 19.1 Å². The summed E-state index contributed by atoms with van der Waals surface area (Å²) in [6.45, 7) is 9.72. The van der Waals surface area contributed by atoms with Gasteiger partial charge in [-0.1, -0.05) is 25.8 Å². The summed E-state index contributed by atoms with van der Waals surface area (Å²) in [5.74, 6) is -1.45. The van der Waals surface area contributed by atoms with Crippen molar-refractivity contribution in [3.8, 4) is 0 Å². The Morgan fingerprint density at radius 1 is 1.00 bits per heavy atom. The maximum absolute atomic E-state index is 11.0. The average Bonchev–Trinajstić information content (AvgIpc) is 2.15. The van der Waals surface area contributed by atoms with Gasteiger partial charge in [0.25, 0.3) is 0 Å². The molecule has 0 aromatic carbocycles. The molecule has 0 heterocycles. The van der Waals surface area contributed by atoms with Crippen LogP contribution in [0.5, 0.6) is 0 Å². The molecule has 0 radical (unpaired) electrons. The number of esters is 2. The summed E-state index contributed by atoms with van der Waals surface area (Å²) in [6.07, 6.45) is 4.04. The predicted octanol–water partition coefficient (Wildman–Crippen LogP) is 1.47. The second-order valence-electron chi connectivity index (χ2n) is 1.98. The molecule has 0 spiro atoms. The molecular weight excluding hydrogens is 184 g/mol. The number of rotatable bonds is 5. The van der Waals surface area contributed by atoms with Crippen molar-refractivity contribution in [2.75, 3.05) is 0 Å². The Morgan fingerprint density at radius 2 is 1.57 bits per heavy atom. The standard InChI is InChI=1S/C10H10O4/c1-4-8(10(12)14-6-3)7-9(11)13-5-2/h4-7H,1-3H2/b8-7-. The van der Waals surface area contributed by atoms with Gasteiger partial charge in [-0.25, -0.2) is 9.59 Å². The second-order valence-corrected chi connectivity index (χ2v) is 1.98. The van der Waals surface area contributed by atoms with Gasteiger partial charge in [-0.2, -0.15) is 0 Å². The topological polar surface area (TPSA) is 52.6 Å². The van der Waals surface area contributed by atoms with Gasteiger partial charge in [0.1, 0.15) is 0 Å². The van der Waals surface area contributed by atoms with Gasteiger partial charge >= 0.3 is 11.9 Å². The minimum atomic E-state index is -0.726. The van der Waals surface area contributed by atoms with Crippen molar-refractivity contribution in [2.24, 2.45) is 0 Å². The average molecular weight is 194 g/mol. The molecule has 4 heteroatoms. The van der Waals surface area contributed by atoms with Gasteiger partial charge in [-0.05, 0) is 0 Å². The molecular formula is C10H10O4. The Bertz CT molecular complexity index is 299. The summed E-state index contributed by atoms with van der Waals surface area (Å²) in [7, 11) is 0. The normalized spacial score (nSPS) is 9.86. The Labute approximate surface area is 81.8 Å². The fraction of sp³-hybridized carbons (Fsp3) is 0. The van der Waals surface area contributed by atoms with Crippen molar-refractivity contribution in [2.45, 2.75) is 0 Å². The van der Waals surface area contributed by atoms with Crippen LogP contribution in [0.15, 0.2) is 50.0 Å². The van der Waals surface area contributed by atoms with Gasteiger partial charge < -0.3 is 9.47 Å². The van der Waals surface area contributed by atoms with E-state index in [2.05, 4.69) is 29.2 Å². The van der Waals surface area contributed by atoms with E-state index in [4.69, 9.17) is 0 Å². The number of hydrogen-bond acceptors (Lipinski definition) is 4. The maximum atomic E-state index is 11.0. The molecule has 0 atom stereocenters. The minimum absolute atomic E-state index is 0.0169. The summed E-state index contributed by atoms with van der Waals surface area (Å²) < 4.78 is 8.80. The maximum Gasteiger partial charge on any atom is 0.343 e. The van der Waals surface area contributed by atoms with E-state index in [1.807, 2.05) is 0 Å². The smallest absolute Gasteiger partial charge is 0.343 e. The molecule has 0 saturated heterocycles. The lowest BCUT2D eigenvalue weighted by atomic mass is 10.2. The fourth-order valence-electron chi connectivity index (χ4n) is 0.588. The van der Waals surface area contributed by atoms with Gasteiger partial charge in [0.15, 0.2) is 0 Å².